The predicted molar refractivity (Wildman–Crippen MR) is 119 cm³/mol. The second kappa shape index (κ2) is 10.2. The summed E-state index contributed by atoms with van der Waals surface area (Å²) in [6.07, 6.45) is 1.12. The molecule has 31 heavy (non-hydrogen) atoms. The van der Waals surface area contributed by atoms with Crippen molar-refractivity contribution in [3.8, 4) is 11.5 Å². The Labute approximate surface area is 184 Å². The van der Waals surface area contributed by atoms with Gasteiger partial charge in [0.1, 0.15) is 0 Å². The molecule has 0 spiro atoms. The molecule has 2 aromatic carbocycles. The van der Waals surface area contributed by atoms with E-state index in [-0.39, 0.29) is 18.6 Å². The quantitative estimate of drug-likeness (QED) is 0.674. The van der Waals surface area contributed by atoms with Gasteiger partial charge in [-0.1, -0.05) is 24.3 Å². The zero-order valence-electron chi connectivity index (χ0n) is 18.3. The van der Waals surface area contributed by atoms with Gasteiger partial charge in [0.15, 0.2) is 18.1 Å². The van der Waals surface area contributed by atoms with Crippen molar-refractivity contribution in [1.82, 2.24) is 9.62 Å². The smallest absolute Gasteiger partial charge is 0.260 e. The molecule has 1 fully saturated rings. The molecule has 0 aromatic heterocycles. The van der Waals surface area contributed by atoms with E-state index < -0.39 is 10.0 Å². The summed E-state index contributed by atoms with van der Waals surface area (Å²) in [4.78, 5) is 14.6. The van der Waals surface area contributed by atoms with E-state index in [0.717, 1.165) is 11.1 Å². The highest BCUT2D eigenvalue weighted by molar-refractivity contribution is 7.89. The van der Waals surface area contributed by atoms with E-state index in [1.165, 1.54) is 0 Å². The number of hydrogen-bond donors (Lipinski definition) is 1. The first-order chi connectivity index (χ1) is 14.8. The molecule has 0 unspecified atom stereocenters. The molecular weight excluding hydrogens is 416 g/mol. The van der Waals surface area contributed by atoms with Crippen LogP contribution in [-0.2, 0) is 14.8 Å². The van der Waals surface area contributed by atoms with Crippen LogP contribution in [0.3, 0.4) is 0 Å². The minimum atomic E-state index is -3.60. The molecule has 0 radical (unpaired) electrons. The largest absolute Gasteiger partial charge is 0.490 e. The summed E-state index contributed by atoms with van der Waals surface area (Å²) in [5, 5.41) is 0. The predicted octanol–water partition coefficient (Wildman–Crippen LogP) is 3.05. The highest BCUT2D eigenvalue weighted by Gasteiger charge is 2.27. The zero-order valence-corrected chi connectivity index (χ0v) is 19.1. The maximum Gasteiger partial charge on any atom is 0.260 e. The number of nitrogens with one attached hydrogen (secondary N) is 1. The van der Waals surface area contributed by atoms with Crippen LogP contribution >= 0.6 is 0 Å². The van der Waals surface area contributed by atoms with Crippen LogP contribution in [0.1, 0.15) is 30.9 Å². The van der Waals surface area contributed by atoms with Crippen LogP contribution in [0.4, 0.5) is 0 Å². The topological polar surface area (TPSA) is 84.9 Å². The highest BCUT2D eigenvalue weighted by Crippen LogP contribution is 2.26. The van der Waals surface area contributed by atoms with Crippen LogP contribution in [0.25, 0.3) is 0 Å². The second-order valence-corrected chi connectivity index (χ2v) is 9.40. The molecule has 168 valence electrons. The van der Waals surface area contributed by atoms with Crippen molar-refractivity contribution in [3.05, 3.63) is 53.6 Å². The molecule has 1 heterocycles. The van der Waals surface area contributed by atoms with Gasteiger partial charge in [-0.15, -0.1) is 0 Å². The maximum atomic E-state index is 12.8. The number of aryl methyl sites for hydroxylation is 2. The zero-order chi connectivity index (χ0) is 22.4. The van der Waals surface area contributed by atoms with E-state index in [1.54, 1.807) is 30.0 Å². The number of sulfonamides is 1. The van der Waals surface area contributed by atoms with Crippen molar-refractivity contribution in [3.63, 3.8) is 0 Å². The van der Waals surface area contributed by atoms with Gasteiger partial charge in [0, 0.05) is 19.1 Å². The van der Waals surface area contributed by atoms with Crippen molar-refractivity contribution in [2.75, 3.05) is 26.3 Å². The Morgan fingerprint density at radius 3 is 2.35 bits per heavy atom. The standard InChI is InChI=1S/C23H30N2O5S/c1-4-29-20-7-5-6-8-21(20)30-16-23(26)25-13-11-19(12-14-25)24-31(27,28)22-15-17(2)9-10-18(22)3/h5-10,15,19,24H,4,11-14,16H2,1-3H3. The number of benzene rings is 2. The fourth-order valence-corrected chi connectivity index (χ4v) is 5.24. The molecule has 2 aromatic rings. The maximum absolute atomic E-state index is 12.8. The second-order valence-electron chi connectivity index (χ2n) is 7.71. The van der Waals surface area contributed by atoms with Crippen molar-refractivity contribution in [2.24, 2.45) is 0 Å². The van der Waals surface area contributed by atoms with Crippen molar-refractivity contribution < 1.29 is 22.7 Å². The number of nitrogens with zero attached hydrogens (tertiary/aromatic N) is 1. The molecule has 3 rings (SSSR count). The van der Waals surface area contributed by atoms with Gasteiger partial charge in [-0.3, -0.25) is 4.79 Å². The summed E-state index contributed by atoms with van der Waals surface area (Å²) in [6, 6.07) is 12.5. The minimum Gasteiger partial charge on any atom is -0.490 e. The van der Waals surface area contributed by atoms with Crippen LogP contribution in [0.15, 0.2) is 47.4 Å². The van der Waals surface area contributed by atoms with Gasteiger partial charge in [-0.2, -0.15) is 0 Å². The third-order valence-electron chi connectivity index (χ3n) is 5.30. The lowest BCUT2D eigenvalue weighted by Crippen LogP contribution is -2.47. The Hall–Kier alpha value is -2.58. The summed E-state index contributed by atoms with van der Waals surface area (Å²) in [6.45, 7) is 6.95. The number of amides is 1. The Morgan fingerprint density at radius 1 is 1.06 bits per heavy atom. The van der Waals surface area contributed by atoms with Gasteiger partial charge in [0.2, 0.25) is 10.0 Å². The fraction of sp³-hybridized carbons (Fsp3) is 0.435. The number of rotatable bonds is 8. The summed E-state index contributed by atoms with van der Waals surface area (Å²) in [5.74, 6) is 1.02. The van der Waals surface area contributed by atoms with E-state index in [0.29, 0.717) is 48.9 Å². The number of carbonyl (C=O) groups excluding carboxylic acids is 1. The van der Waals surface area contributed by atoms with Gasteiger partial charge in [-0.05, 0) is 62.9 Å². The van der Waals surface area contributed by atoms with Crippen molar-refractivity contribution >= 4 is 15.9 Å². The molecule has 1 aliphatic heterocycles. The summed E-state index contributed by atoms with van der Waals surface area (Å²) in [5.41, 5.74) is 1.62. The minimum absolute atomic E-state index is 0.0804. The van der Waals surface area contributed by atoms with E-state index >= 15 is 0 Å². The van der Waals surface area contributed by atoms with E-state index in [9.17, 15) is 13.2 Å². The van der Waals surface area contributed by atoms with E-state index in [1.807, 2.05) is 38.1 Å². The monoisotopic (exact) mass is 446 g/mol. The highest BCUT2D eigenvalue weighted by atomic mass is 32.2. The number of hydrogen-bond acceptors (Lipinski definition) is 5. The first-order valence-corrected chi connectivity index (χ1v) is 12.0. The van der Waals surface area contributed by atoms with Crippen LogP contribution < -0.4 is 14.2 Å². The molecule has 8 heteroatoms. The summed E-state index contributed by atoms with van der Waals surface area (Å²) >= 11 is 0. The van der Waals surface area contributed by atoms with Crippen molar-refractivity contribution in [1.29, 1.82) is 0 Å². The normalized spacial score (nSPS) is 15.0. The molecular formula is C23H30N2O5S. The Kier molecular flexibility index (Phi) is 7.56. The number of carbonyl (C=O) groups is 1. The average Bonchev–Trinajstić information content (AvgIpc) is 2.75. The first kappa shape index (κ1) is 23.1. The van der Waals surface area contributed by atoms with Crippen LogP contribution in [-0.4, -0.2) is 51.6 Å². The Bertz CT molecular complexity index is 1010. The molecule has 1 aliphatic rings. The third-order valence-corrected chi connectivity index (χ3v) is 6.97. The first-order valence-electron chi connectivity index (χ1n) is 10.5. The van der Waals surface area contributed by atoms with Crippen LogP contribution in [0.5, 0.6) is 11.5 Å². The molecule has 1 amide bonds. The van der Waals surface area contributed by atoms with E-state index in [2.05, 4.69) is 4.72 Å². The fourth-order valence-electron chi connectivity index (χ4n) is 3.60. The average molecular weight is 447 g/mol. The van der Waals surface area contributed by atoms with Crippen molar-refractivity contribution in [2.45, 2.75) is 44.6 Å². The van der Waals surface area contributed by atoms with Gasteiger partial charge in [0.05, 0.1) is 11.5 Å². The van der Waals surface area contributed by atoms with Gasteiger partial charge < -0.3 is 14.4 Å². The number of para-hydroxylation sites is 2. The lowest BCUT2D eigenvalue weighted by molar-refractivity contribution is -0.134. The van der Waals surface area contributed by atoms with Gasteiger partial charge in [-0.25, -0.2) is 13.1 Å². The molecule has 0 saturated carbocycles. The SMILES string of the molecule is CCOc1ccccc1OCC(=O)N1CCC(NS(=O)(=O)c2cc(C)ccc2C)CC1. The Morgan fingerprint density at radius 2 is 1.71 bits per heavy atom. The van der Waals surface area contributed by atoms with Gasteiger partial charge in [0.25, 0.3) is 5.91 Å². The van der Waals surface area contributed by atoms with Gasteiger partial charge >= 0.3 is 0 Å². The lowest BCUT2D eigenvalue weighted by Gasteiger charge is -2.32. The molecule has 1 saturated heterocycles. The molecule has 0 bridgehead atoms. The molecule has 0 aliphatic carbocycles. The van der Waals surface area contributed by atoms with Crippen LogP contribution in [0.2, 0.25) is 0 Å². The number of likely N-dealkylation sites (tertiary alicyclic amines) is 1. The Balaban J connectivity index is 1.52. The van der Waals surface area contributed by atoms with E-state index in [4.69, 9.17) is 9.47 Å². The van der Waals surface area contributed by atoms with Crippen LogP contribution in [0, 0.1) is 13.8 Å². The number of piperidine rings is 1. The molecule has 0 atom stereocenters. The lowest BCUT2D eigenvalue weighted by atomic mass is 10.1. The summed E-state index contributed by atoms with van der Waals surface area (Å²) < 4.78 is 39.6. The number of ether oxygens (including phenoxy) is 2. The summed E-state index contributed by atoms with van der Waals surface area (Å²) in [7, 11) is -3.60. The third kappa shape index (κ3) is 5.98. The molecule has 1 N–H and O–H groups in total. The molecule has 7 nitrogen and oxygen atoms in total.